The van der Waals surface area contributed by atoms with Gasteiger partial charge in [-0.3, -0.25) is 4.79 Å². The highest BCUT2D eigenvalue weighted by Crippen LogP contribution is 2.14. The molecule has 0 bridgehead atoms. The van der Waals surface area contributed by atoms with E-state index in [1.54, 1.807) is 24.3 Å². The second kappa shape index (κ2) is 5.53. The van der Waals surface area contributed by atoms with Gasteiger partial charge in [0.15, 0.2) is 5.69 Å². The van der Waals surface area contributed by atoms with Gasteiger partial charge in [0.1, 0.15) is 0 Å². The van der Waals surface area contributed by atoms with Crippen LogP contribution >= 0.6 is 11.6 Å². The molecule has 1 amide bonds. The summed E-state index contributed by atoms with van der Waals surface area (Å²) in [5.41, 5.74) is 1.67. The van der Waals surface area contributed by atoms with Crippen molar-refractivity contribution >= 4 is 29.0 Å². The van der Waals surface area contributed by atoms with E-state index in [2.05, 4.69) is 10.3 Å². The number of carbonyl (C=O) groups is 1. The van der Waals surface area contributed by atoms with Crippen LogP contribution in [0.4, 0.5) is 11.5 Å². The summed E-state index contributed by atoms with van der Waals surface area (Å²) in [6.45, 7) is 0. The number of benzene rings is 1. The number of H-pyrrole nitrogens is 1. The number of halogens is 1. The Morgan fingerprint density at radius 3 is 2.47 bits per heavy atom. The lowest BCUT2D eigenvalue weighted by Gasteiger charge is -2.03. The maximum Gasteiger partial charge on any atom is 0.321 e. The average Bonchev–Trinajstić information content (AvgIpc) is 2.89. The number of carbonyl (C=O) groups excluding carboxylic acids is 1. The summed E-state index contributed by atoms with van der Waals surface area (Å²) >= 11 is 5.66. The molecule has 2 aromatic rings. The molecule has 1 heterocycles. The van der Waals surface area contributed by atoms with Crippen molar-refractivity contribution in [3.8, 4) is 0 Å². The van der Waals surface area contributed by atoms with Gasteiger partial charge in [0.25, 0.3) is 5.91 Å². The Morgan fingerprint density at radius 1 is 1.26 bits per heavy atom. The van der Waals surface area contributed by atoms with Crippen molar-refractivity contribution in [1.82, 2.24) is 4.98 Å². The maximum atomic E-state index is 11.8. The third kappa shape index (κ3) is 3.11. The van der Waals surface area contributed by atoms with Crippen molar-refractivity contribution in [3.63, 3.8) is 0 Å². The van der Waals surface area contributed by atoms with E-state index in [1.807, 2.05) is 0 Å². The highest BCUT2D eigenvalue weighted by atomic mass is 35.5. The summed E-state index contributed by atoms with van der Waals surface area (Å²) in [4.78, 5) is 24.1. The summed E-state index contributed by atoms with van der Waals surface area (Å²) in [5.74, 6) is -0.258. The monoisotopic (exact) mass is 279 g/mol. The summed E-state index contributed by atoms with van der Waals surface area (Å²) in [6, 6.07) is 9.62. The minimum absolute atomic E-state index is 0.133. The number of alkyl halides is 1. The molecule has 0 fully saturated rings. The number of hydrogen-bond acceptors (Lipinski definition) is 3. The predicted octanol–water partition coefficient (Wildman–Crippen LogP) is 2.91. The van der Waals surface area contributed by atoms with E-state index < -0.39 is 10.8 Å². The third-order valence-corrected chi connectivity index (χ3v) is 2.79. The lowest BCUT2D eigenvalue weighted by atomic mass is 10.2. The zero-order valence-corrected chi connectivity index (χ0v) is 10.5. The topological polar surface area (TPSA) is 88.0 Å². The Morgan fingerprint density at radius 2 is 1.95 bits per heavy atom. The Kier molecular flexibility index (Phi) is 3.82. The van der Waals surface area contributed by atoms with Gasteiger partial charge >= 0.3 is 5.82 Å². The largest absolute Gasteiger partial charge is 0.358 e. The summed E-state index contributed by atoms with van der Waals surface area (Å²) in [6.07, 6.45) is 0. The fourth-order valence-corrected chi connectivity index (χ4v) is 1.68. The minimum Gasteiger partial charge on any atom is -0.358 e. The number of hydrogen-bond donors (Lipinski definition) is 2. The van der Waals surface area contributed by atoms with Crippen LogP contribution in [0.5, 0.6) is 0 Å². The van der Waals surface area contributed by atoms with Gasteiger partial charge in [-0.1, -0.05) is 12.1 Å². The van der Waals surface area contributed by atoms with Crippen LogP contribution < -0.4 is 5.32 Å². The molecule has 1 aromatic heterocycles. The van der Waals surface area contributed by atoms with Crippen LogP contribution in [0.25, 0.3) is 0 Å². The molecule has 0 aliphatic heterocycles. The van der Waals surface area contributed by atoms with Gasteiger partial charge in [-0.25, -0.2) is 4.98 Å². The van der Waals surface area contributed by atoms with Crippen LogP contribution in [-0.4, -0.2) is 15.8 Å². The fourth-order valence-electron chi connectivity index (χ4n) is 1.50. The van der Waals surface area contributed by atoms with Crippen LogP contribution in [0.15, 0.2) is 36.4 Å². The van der Waals surface area contributed by atoms with E-state index in [1.165, 1.54) is 12.1 Å². The molecular formula is C12H10ClN3O3. The number of rotatable bonds is 4. The number of aromatic amines is 1. The van der Waals surface area contributed by atoms with Crippen molar-refractivity contribution < 1.29 is 9.72 Å². The Hall–Kier alpha value is -2.34. The molecule has 6 nitrogen and oxygen atoms in total. The SMILES string of the molecule is O=C(Nc1ccc(CCl)cc1)c1ccc([N+](=O)[O-])[nH]1. The molecule has 98 valence electrons. The number of aromatic nitrogens is 1. The van der Waals surface area contributed by atoms with Crippen molar-refractivity contribution in [2.45, 2.75) is 5.88 Å². The van der Waals surface area contributed by atoms with E-state index in [0.29, 0.717) is 11.6 Å². The van der Waals surface area contributed by atoms with Gasteiger partial charge in [0.2, 0.25) is 0 Å². The van der Waals surface area contributed by atoms with Crippen molar-refractivity contribution in [2.24, 2.45) is 0 Å². The molecule has 0 aliphatic carbocycles. The first kappa shape index (κ1) is 13.1. The Balaban J connectivity index is 2.08. The van der Waals surface area contributed by atoms with Crippen molar-refractivity contribution in [2.75, 3.05) is 5.32 Å². The number of amides is 1. The maximum absolute atomic E-state index is 11.8. The molecule has 7 heteroatoms. The van der Waals surface area contributed by atoms with Gasteiger partial charge in [-0.2, -0.15) is 0 Å². The van der Waals surface area contributed by atoms with Crippen LogP contribution in [0.1, 0.15) is 16.1 Å². The number of nitrogens with zero attached hydrogens (tertiary/aromatic N) is 1. The molecular weight excluding hydrogens is 270 g/mol. The first-order chi connectivity index (χ1) is 9.10. The molecule has 0 saturated heterocycles. The van der Waals surface area contributed by atoms with Gasteiger partial charge in [0, 0.05) is 17.6 Å². The summed E-state index contributed by atoms with van der Waals surface area (Å²) in [5, 5.41) is 13.1. The molecule has 1 aromatic carbocycles. The highest BCUT2D eigenvalue weighted by molar-refractivity contribution is 6.17. The molecule has 0 unspecified atom stereocenters. The molecule has 2 rings (SSSR count). The fraction of sp³-hybridized carbons (Fsp3) is 0.0833. The first-order valence-electron chi connectivity index (χ1n) is 5.40. The molecule has 0 radical (unpaired) electrons. The van der Waals surface area contributed by atoms with E-state index in [4.69, 9.17) is 11.6 Å². The smallest absolute Gasteiger partial charge is 0.321 e. The van der Waals surface area contributed by atoms with Crippen LogP contribution in [0.2, 0.25) is 0 Å². The van der Waals surface area contributed by atoms with E-state index in [-0.39, 0.29) is 11.5 Å². The summed E-state index contributed by atoms with van der Waals surface area (Å²) < 4.78 is 0. The van der Waals surface area contributed by atoms with E-state index in [9.17, 15) is 14.9 Å². The Labute approximate surface area is 113 Å². The van der Waals surface area contributed by atoms with Gasteiger partial charge in [-0.05, 0) is 28.7 Å². The predicted molar refractivity (Wildman–Crippen MR) is 71.4 cm³/mol. The average molecular weight is 280 g/mol. The van der Waals surface area contributed by atoms with E-state index >= 15 is 0 Å². The quantitative estimate of drug-likeness (QED) is 0.512. The van der Waals surface area contributed by atoms with Gasteiger partial charge < -0.3 is 15.4 Å². The Bertz CT molecular complexity index is 607. The second-order valence-electron chi connectivity index (χ2n) is 3.80. The standard InChI is InChI=1S/C12H10ClN3O3/c13-7-8-1-3-9(4-2-8)14-12(17)10-5-6-11(15-10)16(18)19/h1-6,15H,7H2,(H,14,17). The molecule has 2 N–H and O–H groups in total. The zero-order valence-electron chi connectivity index (χ0n) is 9.72. The van der Waals surface area contributed by atoms with Gasteiger partial charge in [-0.15, -0.1) is 11.6 Å². The lowest BCUT2D eigenvalue weighted by molar-refractivity contribution is -0.389. The van der Waals surface area contributed by atoms with Crippen LogP contribution in [0, 0.1) is 10.1 Å². The van der Waals surface area contributed by atoms with Crippen molar-refractivity contribution in [3.05, 3.63) is 57.8 Å². The third-order valence-electron chi connectivity index (χ3n) is 2.48. The molecule has 0 saturated carbocycles. The van der Waals surface area contributed by atoms with Crippen LogP contribution in [0.3, 0.4) is 0 Å². The normalized spacial score (nSPS) is 10.2. The molecule has 19 heavy (non-hydrogen) atoms. The second-order valence-corrected chi connectivity index (χ2v) is 4.07. The lowest BCUT2D eigenvalue weighted by Crippen LogP contribution is -2.12. The van der Waals surface area contributed by atoms with Crippen LogP contribution in [-0.2, 0) is 5.88 Å². The number of nitrogens with one attached hydrogen (secondary N) is 2. The number of anilines is 1. The molecule has 0 atom stereocenters. The summed E-state index contributed by atoms with van der Waals surface area (Å²) in [7, 11) is 0. The highest BCUT2D eigenvalue weighted by Gasteiger charge is 2.15. The van der Waals surface area contributed by atoms with Gasteiger partial charge in [0.05, 0.1) is 0 Å². The number of nitro groups is 1. The molecule has 0 aliphatic rings. The minimum atomic E-state index is -0.591. The first-order valence-corrected chi connectivity index (χ1v) is 5.93. The zero-order chi connectivity index (χ0) is 13.8. The molecule has 0 spiro atoms. The van der Waals surface area contributed by atoms with Crippen molar-refractivity contribution in [1.29, 1.82) is 0 Å². The van der Waals surface area contributed by atoms with E-state index in [0.717, 1.165) is 5.56 Å².